The lowest BCUT2D eigenvalue weighted by Gasteiger charge is -2.28. The standard InChI is InChI=1S/C73H142NO8P/c1-6-8-10-12-14-16-18-20-22-24-26-28-30-32-34-36-38-39-41-43-45-47-49-51-53-55-57-59-61-63-65-72(75)79-69-71(70-81-83(77,78)80-68-67-74(3,4)5)82-73(76)66-64-62-60-58-56-54-52-50-48-46-44-42-40-37-35-33-31-29-27-25-23-21-19-17-15-13-11-9-7-2/h19,21,25,27,71H,6-18,20,22-24,26,28-70H2,1-5H3/b21-19-,27-25-. The maximum Gasteiger partial charge on any atom is 0.306 e. The number of phosphoric acid groups is 1. The molecule has 0 spiro atoms. The van der Waals surface area contributed by atoms with Gasteiger partial charge < -0.3 is 27.9 Å². The summed E-state index contributed by atoms with van der Waals surface area (Å²) in [5, 5.41) is 0. The number of quaternary nitrogens is 1. The molecule has 0 fully saturated rings. The van der Waals surface area contributed by atoms with Crippen LogP contribution in [0, 0.1) is 0 Å². The number of unbranched alkanes of at least 4 members (excludes halogenated alkanes) is 51. The highest BCUT2D eigenvalue weighted by Crippen LogP contribution is 2.38. The average Bonchev–Trinajstić information content (AvgIpc) is 3.49. The van der Waals surface area contributed by atoms with Crippen LogP contribution in [0.2, 0.25) is 0 Å². The molecule has 2 unspecified atom stereocenters. The van der Waals surface area contributed by atoms with Crippen molar-refractivity contribution in [3.8, 4) is 0 Å². The highest BCUT2D eigenvalue weighted by Gasteiger charge is 2.22. The van der Waals surface area contributed by atoms with E-state index in [-0.39, 0.29) is 32.0 Å². The zero-order valence-electron chi connectivity index (χ0n) is 56.2. The molecule has 2 atom stereocenters. The van der Waals surface area contributed by atoms with Crippen molar-refractivity contribution in [3.05, 3.63) is 24.3 Å². The number of carbonyl (C=O) groups excluding carboxylic acids is 2. The molecule has 0 bridgehead atoms. The molecule has 10 heteroatoms. The van der Waals surface area contributed by atoms with Gasteiger partial charge >= 0.3 is 11.9 Å². The van der Waals surface area contributed by atoms with Crippen LogP contribution in [-0.2, 0) is 32.7 Å². The monoisotopic (exact) mass is 1190 g/mol. The molecule has 0 saturated carbocycles. The van der Waals surface area contributed by atoms with Crippen LogP contribution in [0.15, 0.2) is 24.3 Å². The number of rotatable bonds is 69. The first-order valence-electron chi connectivity index (χ1n) is 36.5. The number of allylic oxidation sites excluding steroid dienone is 4. The van der Waals surface area contributed by atoms with E-state index < -0.39 is 26.5 Å². The third-order valence-corrected chi connectivity index (χ3v) is 17.7. The van der Waals surface area contributed by atoms with Gasteiger partial charge in [-0.2, -0.15) is 0 Å². The third kappa shape index (κ3) is 69.5. The van der Waals surface area contributed by atoms with Crippen molar-refractivity contribution < 1.29 is 42.1 Å². The normalized spacial score (nSPS) is 13.2. The van der Waals surface area contributed by atoms with E-state index in [1.54, 1.807) is 0 Å². The minimum Gasteiger partial charge on any atom is -0.756 e. The molecule has 0 N–H and O–H groups in total. The molecule has 0 aliphatic rings. The minimum absolute atomic E-state index is 0.0270. The number of esters is 2. The van der Waals surface area contributed by atoms with Crippen LogP contribution in [0.25, 0.3) is 0 Å². The fourth-order valence-electron chi connectivity index (χ4n) is 11.1. The Hall–Kier alpha value is -1.51. The lowest BCUT2D eigenvalue weighted by Crippen LogP contribution is -2.37. The second kappa shape index (κ2) is 64.9. The highest BCUT2D eigenvalue weighted by molar-refractivity contribution is 7.45. The lowest BCUT2D eigenvalue weighted by atomic mass is 10.0. The summed E-state index contributed by atoms with van der Waals surface area (Å²) in [6.45, 7) is 4.31. The first-order valence-corrected chi connectivity index (χ1v) is 38.0. The van der Waals surface area contributed by atoms with Gasteiger partial charge in [-0.15, -0.1) is 0 Å². The molecule has 9 nitrogen and oxygen atoms in total. The molecular formula is C73H142NO8P. The number of hydrogen-bond donors (Lipinski definition) is 0. The molecule has 0 aromatic rings. The van der Waals surface area contributed by atoms with Crippen molar-refractivity contribution in [2.24, 2.45) is 0 Å². The van der Waals surface area contributed by atoms with Crippen molar-refractivity contribution in [2.75, 3.05) is 47.5 Å². The number of ether oxygens (including phenoxy) is 2. The SMILES string of the molecule is CCCCCCC/C=C\C/C=C\CCCCCCCCCCCCCCCCCCCC(=O)OC(COC(=O)CCCCCCCCCCCCCCCCCCCCCCCCCCCCCCCC)COP(=O)([O-])OCC[N+](C)(C)C. The molecule has 0 rings (SSSR count). The van der Waals surface area contributed by atoms with Gasteiger partial charge in [0.25, 0.3) is 7.82 Å². The maximum absolute atomic E-state index is 12.9. The van der Waals surface area contributed by atoms with E-state index in [1.165, 1.54) is 308 Å². The molecule has 0 radical (unpaired) electrons. The average molecular weight is 1190 g/mol. The van der Waals surface area contributed by atoms with Gasteiger partial charge in [-0.05, 0) is 44.9 Å². The van der Waals surface area contributed by atoms with E-state index in [1.807, 2.05) is 21.1 Å². The van der Waals surface area contributed by atoms with E-state index >= 15 is 0 Å². The Labute approximate surface area is 517 Å². The summed E-state index contributed by atoms with van der Waals surface area (Å²) in [6, 6.07) is 0. The fourth-order valence-corrected chi connectivity index (χ4v) is 11.8. The van der Waals surface area contributed by atoms with Gasteiger partial charge in [-0.25, -0.2) is 0 Å². The maximum atomic E-state index is 12.9. The molecule has 0 amide bonds. The molecule has 492 valence electrons. The fraction of sp³-hybridized carbons (Fsp3) is 0.918. The molecule has 83 heavy (non-hydrogen) atoms. The molecule has 0 saturated heterocycles. The molecule has 0 aromatic heterocycles. The zero-order chi connectivity index (χ0) is 60.5. The number of carbonyl (C=O) groups is 2. The van der Waals surface area contributed by atoms with E-state index in [0.29, 0.717) is 17.4 Å². The van der Waals surface area contributed by atoms with Crippen LogP contribution in [0.1, 0.15) is 380 Å². The number of nitrogens with zero attached hydrogens (tertiary/aromatic N) is 1. The van der Waals surface area contributed by atoms with Crippen molar-refractivity contribution in [3.63, 3.8) is 0 Å². The number of likely N-dealkylation sites (N-methyl/N-ethyl adjacent to an activating group) is 1. The first-order chi connectivity index (χ1) is 40.5. The van der Waals surface area contributed by atoms with Crippen LogP contribution < -0.4 is 4.89 Å². The van der Waals surface area contributed by atoms with Crippen molar-refractivity contribution >= 4 is 19.8 Å². The Morgan fingerprint density at radius 1 is 0.373 bits per heavy atom. The highest BCUT2D eigenvalue weighted by atomic mass is 31.2. The van der Waals surface area contributed by atoms with Gasteiger partial charge in [0.05, 0.1) is 27.7 Å². The third-order valence-electron chi connectivity index (χ3n) is 16.7. The van der Waals surface area contributed by atoms with Crippen LogP contribution >= 0.6 is 7.82 Å². The largest absolute Gasteiger partial charge is 0.756 e. The minimum atomic E-state index is -4.64. The number of phosphoric ester groups is 1. The lowest BCUT2D eigenvalue weighted by molar-refractivity contribution is -0.870. The van der Waals surface area contributed by atoms with Gasteiger partial charge in [0.1, 0.15) is 19.8 Å². The predicted octanol–water partition coefficient (Wildman–Crippen LogP) is 23.0. The smallest absolute Gasteiger partial charge is 0.306 e. The summed E-state index contributed by atoms with van der Waals surface area (Å²) < 4.78 is 34.4. The van der Waals surface area contributed by atoms with Gasteiger partial charge in [0.15, 0.2) is 6.10 Å². The molecule has 0 aromatic carbocycles. The van der Waals surface area contributed by atoms with Gasteiger partial charge in [0, 0.05) is 12.8 Å². The Morgan fingerprint density at radius 3 is 0.952 bits per heavy atom. The molecular weight excluding hydrogens is 1050 g/mol. The Balaban J connectivity index is 3.96. The first kappa shape index (κ1) is 81.5. The van der Waals surface area contributed by atoms with Crippen LogP contribution in [0.4, 0.5) is 0 Å². The van der Waals surface area contributed by atoms with E-state index in [0.717, 1.165) is 38.5 Å². The molecule has 0 heterocycles. The summed E-state index contributed by atoms with van der Waals surface area (Å²) in [7, 11) is 1.19. The quantitative estimate of drug-likeness (QED) is 0.0195. The second-order valence-corrected chi connectivity index (χ2v) is 27.7. The summed E-state index contributed by atoms with van der Waals surface area (Å²) in [6.07, 6.45) is 81.3. The van der Waals surface area contributed by atoms with Crippen molar-refractivity contribution in [1.82, 2.24) is 0 Å². The van der Waals surface area contributed by atoms with E-state index in [9.17, 15) is 19.0 Å². The van der Waals surface area contributed by atoms with Gasteiger partial charge in [-0.1, -0.05) is 346 Å². The number of hydrogen-bond acceptors (Lipinski definition) is 8. The van der Waals surface area contributed by atoms with Crippen LogP contribution in [0.5, 0.6) is 0 Å². The van der Waals surface area contributed by atoms with E-state index in [2.05, 4.69) is 38.2 Å². The van der Waals surface area contributed by atoms with Crippen LogP contribution in [-0.4, -0.2) is 70.0 Å². The van der Waals surface area contributed by atoms with Crippen LogP contribution in [0.3, 0.4) is 0 Å². The van der Waals surface area contributed by atoms with Gasteiger partial charge in [-0.3, -0.25) is 14.2 Å². The van der Waals surface area contributed by atoms with Gasteiger partial charge in [0.2, 0.25) is 0 Å². The Bertz CT molecular complexity index is 1450. The van der Waals surface area contributed by atoms with E-state index in [4.69, 9.17) is 18.5 Å². The second-order valence-electron chi connectivity index (χ2n) is 26.3. The van der Waals surface area contributed by atoms with Crippen molar-refractivity contribution in [1.29, 1.82) is 0 Å². The zero-order valence-corrected chi connectivity index (χ0v) is 57.1. The topological polar surface area (TPSA) is 111 Å². The summed E-state index contributed by atoms with van der Waals surface area (Å²) in [5.41, 5.74) is 0. The molecule has 0 aliphatic heterocycles. The summed E-state index contributed by atoms with van der Waals surface area (Å²) >= 11 is 0. The molecule has 0 aliphatic carbocycles. The predicted molar refractivity (Wildman–Crippen MR) is 356 cm³/mol. The summed E-state index contributed by atoms with van der Waals surface area (Å²) in [5.74, 6) is -0.808. The Kier molecular flexibility index (Phi) is 63.8. The van der Waals surface area contributed by atoms with Crippen molar-refractivity contribution in [2.45, 2.75) is 386 Å². The summed E-state index contributed by atoms with van der Waals surface area (Å²) in [4.78, 5) is 38.1. The Morgan fingerprint density at radius 2 is 0.651 bits per heavy atom.